The summed E-state index contributed by atoms with van der Waals surface area (Å²) in [6, 6.07) is 18.5. The number of hydrogen-bond acceptors (Lipinski definition) is 8. The lowest BCUT2D eigenvalue weighted by molar-refractivity contribution is 0.0946. The molecule has 0 saturated carbocycles. The Hall–Kier alpha value is -4.27. The molecule has 0 fully saturated rings. The van der Waals surface area contributed by atoms with Crippen LogP contribution in [0.25, 0.3) is 11.3 Å². The maximum atomic E-state index is 12.3. The van der Waals surface area contributed by atoms with E-state index >= 15 is 0 Å². The molecule has 3 aromatic heterocycles. The fourth-order valence-electron chi connectivity index (χ4n) is 2.67. The summed E-state index contributed by atoms with van der Waals surface area (Å²) in [7, 11) is 0. The summed E-state index contributed by atoms with van der Waals surface area (Å²) >= 11 is 0. The van der Waals surface area contributed by atoms with Crippen molar-refractivity contribution >= 4 is 23.4 Å². The molecule has 1 amide bonds. The van der Waals surface area contributed by atoms with Gasteiger partial charge in [-0.2, -0.15) is 0 Å². The quantitative estimate of drug-likeness (QED) is 0.386. The van der Waals surface area contributed by atoms with Crippen molar-refractivity contribution in [2.24, 2.45) is 0 Å². The van der Waals surface area contributed by atoms with Crippen LogP contribution in [0.5, 0.6) is 0 Å². The van der Waals surface area contributed by atoms with Gasteiger partial charge in [0.1, 0.15) is 23.8 Å². The molecule has 0 atom stereocenters. The Bertz CT molecular complexity index is 1100. The molecule has 3 N–H and O–H groups in total. The van der Waals surface area contributed by atoms with E-state index in [0.717, 1.165) is 5.56 Å². The zero-order valence-corrected chi connectivity index (χ0v) is 15.9. The normalized spacial score (nSPS) is 10.4. The van der Waals surface area contributed by atoms with E-state index in [2.05, 4.69) is 36.1 Å². The molecule has 30 heavy (non-hydrogen) atoms. The molecule has 150 valence electrons. The number of pyridine rings is 1. The van der Waals surface area contributed by atoms with Gasteiger partial charge in [0.15, 0.2) is 11.5 Å². The zero-order valence-electron chi connectivity index (χ0n) is 15.9. The number of nitrogens with zero attached hydrogens (tertiary/aromatic N) is 4. The summed E-state index contributed by atoms with van der Waals surface area (Å²) in [5.41, 5.74) is 1.10. The fraction of sp³-hybridized carbons (Fsp3) is 0.0952. The summed E-state index contributed by atoms with van der Waals surface area (Å²) in [4.78, 5) is 24.8. The van der Waals surface area contributed by atoms with Gasteiger partial charge in [-0.3, -0.25) is 4.79 Å². The molecule has 9 heteroatoms. The largest absolute Gasteiger partial charge is 0.368 e. The first-order chi connectivity index (χ1) is 14.8. The van der Waals surface area contributed by atoms with Gasteiger partial charge in [0.05, 0.1) is 0 Å². The van der Waals surface area contributed by atoms with Crippen LogP contribution in [0, 0.1) is 0 Å². The molecule has 0 saturated heterocycles. The molecule has 0 unspecified atom stereocenters. The van der Waals surface area contributed by atoms with E-state index in [1.54, 1.807) is 18.3 Å². The van der Waals surface area contributed by atoms with Crippen molar-refractivity contribution in [1.82, 2.24) is 25.4 Å². The van der Waals surface area contributed by atoms with E-state index < -0.39 is 0 Å². The van der Waals surface area contributed by atoms with Crippen molar-refractivity contribution in [2.45, 2.75) is 0 Å². The van der Waals surface area contributed by atoms with Crippen LogP contribution < -0.4 is 16.0 Å². The number of amides is 1. The van der Waals surface area contributed by atoms with Gasteiger partial charge in [-0.25, -0.2) is 15.0 Å². The molecule has 4 aromatic rings. The van der Waals surface area contributed by atoms with Crippen molar-refractivity contribution in [1.29, 1.82) is 0 Å². The van der Waals surface area contributed by atoms with Crippen molar-refractivity contribution in [3.05, 3.63) is 78.9 Å². The molecule has 4 rings (SSSR count). The topological polar surface area (TPSA) is 118 Å². The van der Waals surface area contributed by atoms with Gasteiger partial charge in [0, 0.05) is 37.0 Å². The molecule has 1 aromatic carbocycles. The summed E-state index contributed by atoms with van der Waals surface area (Å²) in [6.07, 6.45) is 3.15. The minimum atomic E-state index is -0.303. The van der Waals surface area contributed by atoms with E-state index in [9.17, 15) is 4.79 Å². The van der Waals surface area contributed by atoms with E-state index in [1.807, 2.05) is 48.5 Å². The number of nitrogens with one attached hydrogen (secondary N) is 3. The number of rotatable bonds is 8. The Morgan fingerprint density at radius 1 is 0.867 bits per heavy atom. The second-order valence-corrected chi connectivity index (χ2v) is 6.25. The van der Waals surface area contributed by atoms with Gasteiger partial charge in [-0.05, 0) is 12.1 Å². The number of benzene rings is 1. The third-order valence-electron chi connectivity index (χ3n) is 4.11. The van der Waals surface area contributed by atoms with E-state index in [0.29, 0.717) is 36.3 Å². The first-order valence-corrected chi connectivity index (χ1v) is 9.32. The minimum Gasteiger partial charge on any atom is -0.368 e. The average molecular weight is 401 g/mol. The van der Waals surface area contributed by atoms with Crippen LogP contribution in [0.15, 0.2) is 77.7 Å². The molecular formula is C21H19N7O2. The Balaban J connectivity index is 1.26. The minimum absolute atomic E-state index is 0.234. The van der Waals surface area contributed by atoms with Crippen LogP contribution >= 0.6 is 0 Å². The highest BCUT2D eigenvalue weighted by atomic mass is 16.5. The first kappa shape index (κ1) is 19.1. The monoisotopic (exact) mass is 401 g/mol. The highest BCUT2D eigenvalue weighted by Crippen LogP contribution is 2.19. The van der Waals surface area contributed by atoms with E-state index in [1.165, 1.54) is 6.33 Å². The highest BCUT2D eigenvalue weighted by molar-refractivity contribution is 5.93. The van der Waals surface area contributed by atoms with Crippen molar-refractivity contribution in [3.63, 3.8) is 0 Å². The van der Waals surface area contributed by atoms with Crippen LogP contribution in [-0.2, 0) is 0 Å². The van der Waals surface area contributed by atoms with E-state index in [-0.39, 0.29) is 11.6 Å². The lowest BCUT2D eigenvalue weighted by atomic mass is 10.1. The molecule has 0 aliphatic rings. The standard InChI is InChI=1S/C21H19N7O2/c29-21(16-12-17(30-28-16)15-6-2-1-3-7-15)24-11-10-23-19-13-20(26-14-25-19)27-18-8-4-5-9-22-18/h1-9,12-14H,10-11H2,(H,24,29)(H2,22,23,25,26,27). The van der Waals surface area contributed by atoms with Crippen LogP contribution in [0.3, 0.4) is 0 Å². The molecule has 0 radical (unpaired) electrons. The molecule has 0 aliphatic carbocycles. The van der Waals surface area contributed by atoms with Gasteiger partial charge in [0.25, 0.3) is 5.91 Å². The van der Waals surface area contributed by atoms with Crippen LogP contribution in [0.2, 0.25) is 0 Å². The lowest BCUT2D eigenvalue weighted by Crippen LogP contribution is -2.29. The van der Waals surface area contributed by atoms with Crippen molar-refractivity contribution < 1.29 is 9.32 Å². The van der Waals surface area contributed by atoms with Crippen LogP contribution in [-0.4, -0.2) is 39.1 Å². The Morgan fingerprint density at radius 2 is 1.70 bits per heavy atom. The molecule has 9 nitrogen and oxygen atoms in total. The summed E-state index contributed by atoms with van der Waals surface area (Å²) < 4.78 is 5.25. The second-order valence-electron chi connectivity index (χ2n) is 6.25. The average Bonchev–Trinajstić information content (AvgIpc) is 3.29. The van der Waals surface area contributed by atoms with Gasteiger partial charge in [0.2, 0.25) is 0 Å². The van der Waals surface area contributed by atoms with Crippen LogP contribution in [0.4, 0.5) is 17.5 Å². The van der Waals surface area contributed by atoms with Gasteiger partial charge >= 0.3 is 0 Å². The third-order valence-corrected chi connectivity index (χ3v) is 4.11. The number of hydrogen-bond donors (Lipinski definition) is 3. The smallest absolute Gasteiger partial charge is 0.273 e. The Kier molecular flexibility index (Phi) is 5.90. The maximum Gasteiger partial charge on any atom is 0.273 e. The molecule has 3 heterocycles. The number of anilines is 3. The molecule has 0 spiro atoms. The first-order valence-electron chi connectivity index (χ1n) is 9.32. The summed E-state index contributed by atoms with van der Waals surface area (Å²) in [6.45, 7) is 0.870. The molecular weight excluding hydrogens is 382 g/mol. The number of carbonyl (C=O) groups excluding carboxylic acids is 1. The zero-order chi connectivity index (χ0) is 20.6. The summed E-state index contributed by atoms with van der Waals surface area (Å²) in [5, 5.41) is 12.9. The van der Waals surface area contributed by atoms with E-state index in [4.69, 9.17) is 4.52 Å². The highest BCUT2D eigenvalue weighted by Gasteiger charge is 2.13. The Morgan fingerprint density at radius 3 is 2.53 bits per heavy atom. The fourth-order valence-corrected chi connectivity index (χ4v) is 2.67. The predicted molar refractivity (Wildman–Crippen MR) is 112 cm³/mol. The third kappa shape index (κ3) is 4.96. The number of carbonyl (C=O) groups is 1. The van der Waals surface area contributed by atoms with Crippen molar-refractivity contribution in [3.8, 4) is 11.3 Å². The summed E-state index contributed by atoms with van der Waals surface area (Å²) in [5.74, 6) is 2.18. The van der Waals surface area contributed by atoms with Crippen molar-refractivity contribution in [2.75, 3.05) is 23.7 Å². The Labute approximate surface area is 172 Å². The van der Waals surface area contributed by atoms with Gasteiger partial charge < -0.3 is 20.5 Å². The molecule has 0 aliphatic heterocycles. The van der Waals surface area contributed by atoms with Gasteiger partial charge in [-0.15, -0.1) is 0 Å². The van der Waals surface area contributed by atoms with Gasteiger partial charge in [-0.1, -0.05) is 41.6 Å². The second kappa shape index (κ2) is 9.28. The lowest BCUT2D eigenvalue weighted by Gasteiger charge is -2.08. The maximum absolute atomic E-state index is 12.3. The predicted octanol–water partition coefficient (Wildman–Crippen LogP) is 3.11. The van der Waals surface area contributed by atoms with Crippen LogP contribution in [0.1, 0.15) is 10.5 Å². The SMILES string of the molecule is O=C(NCCNc1cc(Nc2ccccn2)ncn1)c1cc(-c2ccccc2)on1. The molecule has 0 bridgehead atoms. The number of aromatic nitrogens is 4.